The van der Waals surface area contributed by atoms with Crippen LogP contribution in [0, 0.1) is 11.6 Å². The second kappa shape index (κ2) is 14.8. The average molecular weight is 772 g/mol. The molecular weight excluding hydrogens is 740 g/mol. The number of hydrogen-bond acceptors (Lipinski definition) is 8. The summed E-state index contributed by atoms with van der Waals surface area (Å²) < 4.78 is 55.6. The number of morpholine rings is 2. The lowest BCUT2D eigenvalue weighted by Gasteiger charge is -2.34. The van der Waals surface area contributed by atoms with Crippen molar-refractivity contribution in [1.29, 1.82) is 0 Å². The lowest BCUT2D eigenvalue weighted by Crippen LogP contribution is -2.46. The highest BCUT2D eigenvalue weighted by atomic mass is 35.5. The van der Waals surface area contributed by atoms with Crippen LogP contribution < -0.4 is 9.47 Å². The number of amides is 1. The number of aromatic nitrogens is 4. The maximum absolute atomic E-state index is 14.4. The zero-order valence-electron chi connectivity index (χ0n) is 28.8. The molecule has 275 valence electrons. The number of pyridine rings is 2. The molecule has 10 rings (SSSR count). The van der Waals surface area contributed by atoms with Gasteiger partial charge in [-0.2, -0.15) is 0 Å². The second-order valence-electron chi connectivity index (χ2n) is 13.0. The Morgan fingerprint density at radius 2 is 1.22 bits per heavy atom. The molecule has 2 saturated heterocycles. The molecule has 4 aliphatic rings. The van der Waals surface area contributed by atoms with Crippen LogP contribution in [0.3, 0.4) is 0 Å². The number of carbonyl (C=O) groups is 1. The standard InChI is InChI=1S/C19H15ClFN3O3.C19H17ClFN3O2.B/c20-16-5-4-15-17(22-16)14-10-11-12(21)2-1-3-13(11)24(14)19(27-15)18(25)23-6-8-26-9-7-23;20-17-5-4-16-19(22-17)15-10-12-13(21)2-1-3-14(12)24(15)18(26-16)11-23-6-8-25-9-7-23;/h1-5,10,19H,6-9H2;1-5,10,18H,6-9,11H2;. The van der Waals surface area contributed by atoms with Gasteiger partial charge in [0.05, 0.1) is 55.4 Å². The first-order valence-electron chi connectivity index (χ1n) is 17.3. The second-order valence-corrected chi connectivity index (χ2v) is 13.8. The van der Waals surface area contributed by atoms with Gasteiger partial charge < -0.3 is 28.4 Å². The number of nitrogens with zero attached hydrogens (tertiary/aromatic N) is 6. The van der Waals surface area contributed by atoms with Crippen LogP contribution in [0.15, 0.2) is 72.8 Å². The van der Waals surface area contributed by atoms with Crippen molar-refractivity contribution in [3.63, 3.8) is 0 Å². The maximum Gasteiger partial charge on any atom is 0.285 e. The first-order valence-corrected chi connectivity index (χ1v) is 18.0. The Morgan fingerprint density at radius 3 is 1.81 bits per heavy atom. The van der Waals surface area contributed by atoms with E-state index in [9.17, 15) is 13.6 Å². The van der Waals surface area contributed by atoms with E-state index in [1.807, 2.05) is 22.8 Å². The Balaban J connectivity index is 0.000000150. The number of ether oxygens (including phenoxy) is 4. The molecule has 11 nitrogen and oxygen atoms in total. The molecule has 3 radical (unpaired) electrons. The largest absolute Gasteiger partial charge is 0.466 e. The molecule has 0 aliphatic carbocycles. The van der Waals surface area contributed by atoms with Crippen molar-refractivity contribution < 1.29 is 32.5 Å². The maximum atomic E-state index is 14.4. The van der Waals surface area contributed by atoms with Crippen LogP contribution in [0.4, 0.5) is 8.78 Å². The van der Waals surface area contributed by atoms with Crippen LogP contribution in [-0.4, -0.2) is 102 Å². The van der Waals surface area contributed by atoms with E-state index in [-0.39, 0.29) is 32.2 Å². The number of halogens is 4. The molecule has 0 bridgehead atoms. The fourth-order valence-corrected chi connectivity index (χ4v) is 7.65. The molecule has 2 fully saturated rings. The van der Waals surface area contributed by atoms with E-state index >= 15 is 0 Å². The van der Waals surface area contributed by atoms with Gasteiger partial charge in [-0.1, -0.05) is 35.3 Å². The molecule has 16 heteroatoms. The monoisotopic (exact) mass is 771 g/mol. The Bertz CT molecular complexity index is 2380. The van der Waals surface area contributed by atoms with Crippen molar-refractivity contribution in [3.8, 4) is 34.3 Å². The Labute approximate surface area is 320 Å². The molecule has 4 aromatic heterocycles. The van der Waals surface area contributed by atoms with Crippen LogP contribution in [0.1, 0.15) is 12.5 Å². The molecule has 54 heavy (non-hydrogen) atoms. The van der Waals surface area contributed by atoms with Crippen molar-refractivity contribution >= 4 is 59.3 Å². The van der Waals surface area contributed by atoms with Gasteiger partial charge in [0, 0.05) is 45.4 Å². The summed E-state index contributed by atoms with van der Waals surface area (Å²) in [5.74, 6) is 0.306. The summed E-state index contributed by atoms with van der Waals surface area (Å²) in [4.78, 5) is 26.0. The fraction of sp³-hybridized carbons (Fsp3) is 0.289. The number of carbonyl (C=O) groups excluding carboxylic acids is 1. The quantitative estimate of drug-likeness (QED) is 0.147. The van der Waals surface area contributed by atoms with Gasteiger partial charge in [0.2, 0.25) is 0 Å². The zero-order valence-corrected chi connectivity index (χ0v) is 30.3. The Hall–Kier alpha value is -4.73. The lowest BCUT2D eigenvalue weighted by molar-refractivity contribution is -0.147. The molecule has 8 heterocycles. The fourth-order valence-electron chi connectivity index (χ4n) is 7.36. The molecule has 4 aliphatic heterocycles. The van der Waals surface area contributed by atoms with E-state index in [0.717, 1.165) is 24.3 Å². The van der Waals surface area contributed by atoms with Gasteiger partial charge in [-0.3, -0.25) is 14.3 Å². The third-order valence-electron chi connectivity index (χ3n) is 9.87. The minimum atomic E-state index is -0.937. The molecule has 2 aromatic carbocycles. The molecule has 2 atom stereocenters. The van der Waals surface area contributed by atoms with Crippen molar-refractivity contribution in [2.45, 2.75) is 12.5 Å². The number of fused-ring (bicyclic) bond motifs is 10. The van der Waals surface area contributed by atoms with Gasteiger partial charge in [0.15, 0.2) is 12.0 Å². The molecule has 2 unspecified atom stereocenters. The van der Waals surface area contributed by atoms with Gasteiger partial charge >= 0.3 is 0 Å². The number of rotatable bonds is 3. The first-order chi connectivity index (χ1) is 25.8. The van der Waals surface area contributed by atoms with E-state index in [0.29, 0.717) is 101 Å². The topological polar surface area (TPSA) is 96.1 Å². The summed E-state index contributed by atoms with van der Waals surface area (Å²) in [5.41, 5.74) is 3.93. The summed E-state index contributed by atoms with van der Waals surface area (Å²) in [5, 5.41) is 1.65. The number of benzene rings is 2. The van der Waals surface area contributed by atoms with Crippen molar-refractivity contribution in [2.75, 3.05) is 59.2 Å². The third kappa shape index (κ3) is 6.45. The highest BCUT2D eigenvalue weighted by molar-refractivity contribution is 6.29. The smallest absolute Gasteiger partial charge is 0.285 e. The van der Waals surface area contributed by atoms with Crippen molar-refractivity contribution in [3.05, 3.63) is 94.7 Å². The normalized spacial score (nSPS) is 18.9. The summed E-state index contributed by atoms with van der Waals surface area (Å²) >= 11 is 12.1. The minimum absolute atomic E-state index is 0. The van der Waals surface area contributed by atoms with Gasteiger partial charge in [0.1, 0.15) is 39.1 Å². The molecule has 6 aromatic rings. The Morgan fingerprint density at radius 1 is 0.704 bits per heavy atom. The van der Waals surface area contributed by atoms with E-state index in [4.69, 9.17) is 42.1 Å². The average Bonchev–Trinajstić information content (AvgIpc) is 3.78. The van der Waals surface area contributed by atoms with Gasteiger partial charge in [-0.25, -0.2) is 18.7 Å². The van der Waals surface area contributed by atoms with Crippen LogP contribution in [0.25, 0.3) is 44.6 Å². The van der Waals surface area contributed by atoms with Gasteiger partial charge in [0.25, 0.3) is 12.1 Å². The summed E-state index contributed by atoms with van der Waals surface area (Å²) in [7, 11) is 0. The van der Waals surface area contributed by atoms with Crippen molar-refractivity contribution in [1.82, 2.24) is 28.9 Å². The summed E-state index contributed by atoms with van der Waals surface area (Å²) in [6, 6.07) is 20.2. The van der Waals surface area contributed by atoms with Crippen LogP contribution in [-0.2, 0) is 14.3 Å². The third-order valence-corrected chi connectivity index (χ3v) is 10.3. The molecule has 0 saturated carbocycles. The van der Waals surface area contributed by atoms with E-state index < -0.39 is 6.23 Å². The predicted octanol–water partition coefficient (Wildman–Crippen LogP) is 6.58. The first kappa shape index (κ1) is 36.3. The summed E-state index contributed by atoms with van der Waals surface area (Å²) in [6.07, 6.45) is -1.20. The van der Waals surface area contributed by atoms with Crippen LogP contribution >= 0.6 is 23.2 Å². The molecule has 0 spiro atoms. The van der Waals surface area contributed by atoms with Crippen molar-refractivity contribution in [2.24, 2.45) is 0 Å². The Kier molecular flexibility index (Phi) is 9.96. The van der Waals surface area contributed by atoms with Crippen LogP contribution in [0.2, 0.25) is 10.3 Å². The zero-order chi connectivity index (χ0) is 36.2. The summed E-state index contributed by atoms with van der Waals surface area (Å²) in [6.45, 7) is 5.80. The predicted molar refractivity (Wildman–Crippen MR) is 200 cm³/mol. The van der Waals surface area contributed by atoms with Gasteiger partial charge in [-0.15, -0.1) is 0 Å². The SMILES string of the molecule is Fc1cccc2c1cc1n2C(CN2CCOCC2)Oc2ccc(Cl)nc2-1.O=C(C1Oc2ccc(Cl)nc2-c2cc3c(F)cccc3n21)N1CCOCC1.[B]. The van der Waals surface area contributed by atoms with Crippen LogP contribution in [0.5, 0.6) is 11.5 Å². The molecule has 1 amide bonds. The van der Waals surface area contributed by atoms with Gasteiger partial charge in [-0.05, 0) is 60.7 Å². The molecular formula is C38H32BCl2F2N6O5. The van der Waals surface area contributed by atoms with E-state index in [1.54, 1.807) is 51.9 Å². The van der Waals surface area contributed by atoms with E-state index in [2.05, 4.69) is 14.9 Å². The minimum Gasteiger partial charge on any atom is -0.466 e. The highest BCUT2D eigenvalue weighted by Gasteiger charge is 2.37. The van der Waals surface area contributed by atoms with E-state index in [1.165, 1.54) is 12.1 Å². The molecule has 0 N–H and O–H groups in total. The highest BCUT2D eigenvalue weighted by Crippen LogP contribution is 2.44. The lowest BCUT2D eigenvalue weighted by atomic mass is 10.2. The number of hydrogen-bond donors (Lipinski definition) is 0.